The van der Waals surface area contributed by atoms with E-state index in [1.165, 1.54) is 18.1 Å². The molecule has 134 valence electrons. The van der Waals surface area contributed by atoms with Gasteiger partial charge in [-0.25, -0.2) is 0 Å². The van der Waals surface area contributed by atoms with Gasteiger partial charge in [0.1, 0.15) is 12.3 Å². The van der Waals surface area contributed by atoms with Gasteiger partial charge >= 0.3 is 0 Å². The van der Waals surface area contributed by atoms with Crippen molar-refractivity contribution in [2.45, 2.75) is 25.9 Å². The maximum Gasteiger partial charge on any atom is 0.255 e. The van der Waals surface area contributed by atoms with E-state index in [1.54, 1.807) is 13.0 Å². The summed E-state index contributed by atoms with van der Waals surface area (Å²) in [5.74, 6) is -0.560. The normalized spacial score (nSPS) is 13.3. The maximum absolute atomic E-state index is 12.3. The Balaban J connectivity index is 1.92. The quantitative estimate of drug-likeness (QED) is 0.808. The van der Waals surface area contributed by atoms with Gasteiger partial charge in [-0.1, -0.05) is 29.8 Å². The molecule has 0 aliphatic carbocycles. The molecule has 0 radical (unpaired) electrons. The van der Waals surface area contributed by atoms with Crippen LogP contribution in [0.25, 0.3) is 0 Å². The summed E-state index contributed by atoms with van der Waals surface area (Å²) in [5.41, 5.74) is 2.72. The van der Waals surface area contributed by atoms with Gasteiger partial charge in [0.05, 0.1) is 17.9 Å². The Morgan fingerprint density at radius 2 is 1.84 bits per heavy atom. The van der Waals surface area contributed by atoms with Crippen molar-refractivity contribution in [3.63, 3.8) is 0 Å². The fourth-order valence-electron chi connectivity index (χ4n) is 2.48. The summed E-state index contributed by atoms with van der Waals surface area (Å²) in [7, 11) is 3.95. The van der Waals surface area contributed by atoms with Crippen molar-refractivity contribution in [3.8, 4) is 0 Å². The second-order valence-corrected chi connectivity index (χ2v) is 6.34. The number of rotatable bonds is 7. The van der Waals surface area contributed by atoms with E-state index in [9.17, 15) is 9.59 Å². The molecule has 1 aromatic carbocycles. The Kier molecular flexibility index (Phi) is 6.36. The molecule has 1 heterocycles. The van der Waals surface area contributed by atoms with Crippen LogP contribution in [-0.4, -0.2) is 43.4 Å². The summed E-state index contributed by atoms with van der Waals surface area (Å²) in [6, 6.07) is 9.22. The zero-order valence-electron chi connectivity index (χ0n) is 15.1. The zero-order valence-corrected chi connectivity index (χ0v) is 15.1. The summed E-state index contributed by atoms with van der Waals surface area (Å²) in [5, 5.41) is 5.57. The molecule has 0 unspecified atom stereocenters. The predicted octanol–water partition coefficient (Wildman–Crippen LogP) is 2.13. The minimum Gasteiger partial charge on any atom is -0.472 e. The molecule has 0 saturated heterocycles. The number of carbonyl (C=O) groups excluding carboxylic acids is 2. The minimum absolute atomic E-state index is 0.0568. The van der Waals surface area contributed by atoms with Crippen molar-refractivity contribution in [1.82, 2.24) is 15.5 Å². The minimum atomic E-state index is -0.636. The number of aryl methyl sites for hydroxylation is 1. The van der Waals surface area contributed by atoms with Crippen LogP contribution in [0.2, 0.25) is 0 Å². The van der Waals surface area contributed by atoms with Crippen molar-refractivity contribution in [1.29, 1.82) is 0 Å². The number of furan rings is 1. The van der Waals surface area contributed by atoms with Crippen molar-refractivity contribution in [2.24, 2.45) is 0 Å². The largest absolute Gasteiger partial charge is 0.472 e. The first-order valence-electron chi connectivity index (χ1n) is 8.22. The van der Waals surface area contributed by atoms with Crippen LogP contribution >= 0.6 is 0 Å². The summed E-state index contributed by atoms with van der Waals surface area (Å²) < 4.78 is 4.87. The lowest BCUT2D eigenvalue weighted by Crippen LogP contribution is -2.46. The summed E-state index contributed by atoms with van der Waals surface area (Å²) in [4.78, 5) is 26.3. The monoisotopic (exact) mass is 343 g/mol. The number of nitrogens with zero attached hydrogens (tertiary/aromatic N) is 1. The number of hydrogen-bond donors (Lipinski definition) is 2. The number of benzene rings is 1. The van der Waals surface area contributed by atoms with Gasteiger partial charge in [0.2, 0.25) is 5.91 Å². The first-order valence-corrected chi connectivity index (χ1v) is 8.22. The van der Waals surface area contributed by atoms with E-state index in [0.717, 1.165) is 5.56 Å². The Morgan fingerprint density at radius 3 is 2.40 bits per heavy atom. The maximum atomic E-state index is 12.3. The highest BCUT2D eigenvalue weighted by Gasteiger charge is 2.20. The van der Waals surface area contributed by atoms with Crippen molar-refractivity contribution in [3.05, 3.63) is 59.5 Å². The highest BCUT2D eigenvalue weighted by Crippen LogP contribution is 2.17. The molecule has 25 heavy (non-hydrogen) atoms. The highest BCUT2D eigenvalue weighted by atomic mass is 16.3. The van der Waals surface area contributed by atoms with Crippen LogP contribution in [0.4, 0.5) is 0 Å². The Morgan fingerprint density at radius 1 is 1.16 bits per heavy atom. The zero-order chi connectivity index (χ0) is 18.4. The van der Waals surface area contributed by atoms with E-state index < -0.39 is 6.04 Å². The number of likely N-dealkylation sites (N-methyl/N-ethyl adjacent to an activating group) is 1. The van der Waals surface area contributed by atoms with Crippen LogP contribution in [0.5, 0.6) is 0 Å². The van der Waals surface area contributed by atoms with E-state index in [4.69, 9.17) is 4.42 Å². The van der Waals surface area contributed by atoms with Gasteiger partial charge in [-0.2, -0.15) is 0 Å². The molecule has 1 aromatic heterocycles. The van der Waals surface area contributed by atoms with Crippen LogP contribution in [0.3, 0.4) is 0 Å². The molecule has 2 amide bonds. The number of amides is 2. The summed E-state index contributed by atoms with van der Waals surface area (Å²) in [6.07, 6.45) is 2.77. The van der Waals surface area contributed by atoms with Gasteiger partial charge < -0.3 is 20.0 Å². The molecule has 0 saturated carbocycles. The number of nitrogens with one attached hydrogen (secondary N) is 2. The van der Waals surface area contributed by atoms with Gasteiger partial charge in [-0.15, -0.1) is 0 Å². The number of carbonyl (C=O) groups is 2. The van der Waals surface area contributed by atoms with Crippen LogP contribution in [0.15, 0.2) is 47.3 Å². The van der Waals surface area contributed by atoms with E-state index in [-0.39, 0.29) is 17.9 Å². The summed E-state index contributed by atoms with van der Waals surface area (Å²) >= 11 is 0. The molecule has 0 aliphatic heterocycles. The number of hydrogen-bond acceptors (Lipinski definition) is 4. The third-order valence-corrected chi connectivity index (χ3v) is 4.08. The van der Waals surface area contributed by atoms with E-state index >= 15 is 0 Å². The topological polar surface area (TPSA) is 74.6 Å². The fraction of sp³-hybridized carbons (Fsp3) is 0.368. The molecule has 2 aromatic rings. The van der Waals surface area contributed by atoms with Crippen LogP contribution in [0.1, 0.15) is 34.5 Å². The Labute approximate surface area is 148 Å². The smallest absolute Gasteiger partial charge is 0.255 e. The second-order valence-electron chi connectivity index (χ2n) is 6.34. The van der Waals surface area contributed by atoms with Crippen molar-refractivity contribution < 1.29 is 14.0 Å². The predicted molar refractivity (Wildman–Crippen MR) is 96.3 cm³/mol. The molecular formula is C19H25N3O3. The van der Waals surface area contributed by atoms with E-state index in [1.807, 2.05) is 21.0 Å². The average Bonchev–Trinajstić information content (AvgIpc) is 3.10. The first-order chi connectivity index (χ1) is 11.9. The first kappa shape index (κ1) is 18.7. The molecule has 6 heteroatoms. The summed E-state index contributed by atoms with van der Waals surface area (Å²) in [6.45, 7) is 4.16. The molecule has 0 fully saturated rings. The van der Waals surface area contributed by atoms with Crippen molar-refractivity contribution >= 4 is 11.8 Å². The standard InChI is InChI=1S/C19H25N3O3/c1-13-5-7-15(8-6-13)17(22(3)4)11-20-18(23)14(2)21-19(24)16-9-10-25-12-16/h5-10,12,14,17H,11H2,1-4H3,(H,20,23)(H,21,24)/t14-,17+/m1/s1. The van der Waals surface area contributed by atoms with Gasteiger partial charge in [0, 0.05) is 6.54 Å². The molecule has 6 nitrogen and oxygen atoms in total. The molecule has 2 atom stereocenters. The lowest BCUT2D eigenvalue weighted by Gasteiger charge is -2.26. The molecule has 0 aliphatic rings. The van der Waals surface area contributed by atoms with Gasteiger partial charge in [0.25, 0.3) is 5.91 Å². The molecule has 0 spiro atoms. The molecule has 0 bridgehead atoms. The van der Waals surface area contributed by atoms with Crippen molar-refractivity contribution in [2.75, 3.05) is 20.6 Å². The Hall–Kier alpha value is -2.60. The van der Waals surface area contributed by atoms with Crippen LogP contribution in [0, 0.1) is 6.92 Å². The van der Waals surface area contributed by atoms with Crippen LogP contribution < -0.4 is 10.6 Å². The third kappa shape index (κ3) is 5.19. The average molecular weight is 343 g/mol. The third-order valence-electron chi connectivity index (χ3n) is 4.08. The van der Waals surface area contributed by atoms with Gasteiger partial charge in [-0.3, -0.25) is 9.59 Å². The van der Waals surface area contributed by atoms with E-state index in [0.29, 0.717) is 12.1 Å². The molecule has 2 rings (SSSR count). The highest BCUT2D eigenvalue weighted by molar-refractivity contribution is 5.97. The fourth-order valence-corrected chi connectivity index (χ4v) is 2.48. The molecular weight excluding hydrogens is 318 g/mol. The lowest BCUT2D eigenvalue weighted by molar-refractivity contribution is -0.122. The lowest BCUT2D eigenvalue weighted by atomic mass is 10.0. The molecule has 2 N–H and O–H groups in total. The van der Waals surface area contributed by atoms with Crippen LogP contribution in [-0.2, 0) is 4.79 Å². The van der Waals surface area contributed by atoms with Gasteiger partial charge in [0.15, 0.2) is 0 Å². The SMILES string of the molecule is Cc1ccc([C@H](CNC(=O)[C@@H](C)NC(=O)c2ccoc2)N(C)C)cc1. The van der Waals surface area contributed by atoms with E-state index in [2.05, 4.69) is 39.8 Å². The van der Waals surface area contributed by atoms with Gasteiger partial charge in [-0.05, 0) is 39.6 Å². The second kappa shape index (κ2) is 8.48. The Bertz CT molecular complexity index is 693.